The minimum atomic E-state index is -3.92. The summed E-state index contributed by atoms with van der Waals surface area (Å²) < 4.78 is 51.3. The Bertz CT molecular complexity index is 1170. The zero-order valence-electron chi connectivity index (χ0n) is 17.2. The largest absolute Gasteiger partial charge is 0.438 e. The number of rotatable bonds is 10. The zero-order chi connectivity index (χ0) is 23.0. The Labute approximate surface area is 185 Å². The number of aromatic nitrogens is 1. The van der Waals surface area contributed by atoms with Gasteiger partial charge in [-0.25, -0.2) is 17.8 Å². The van der Waals surface area contributed by atoms with E-state index in [1.165, 1.54) is 30.5 Å². The number of sulfonamides is 1. The van der Waals surface area contributed by atoms with E-state index < -0.39 is 15.8 Å². The Morgan fingerprint density at radius 2 is 1.88 bits per heavy atom. The summed E-state index contributed by atoms with van der Waals surface area (Å²) in [5.41, 5.74) is 0.468. The molecule has 1 aromatic heterocycles. The highest BCUT2D eigenvalue weighted by Crippen LogP contribution is 2.26. The number of carbonyl (C=O) groups excluding carboxylic acids is 1. The molecule has 8 nitrogen and oxygen atoms in total. The van der Waals surface area contributed by atoms with E-state index in [-0.39, 0.29) is 33.7 Å². The number of nitrogens with one attached hydrogen (secondary N) is 2. The molecule has 1 amide bonds. The second-order valence-corrected chi connectivity index (χ2v) is 8.33. The Morgan fingerprint density at radius 3 is 2.62 bits per heavy atom. The third kappa shape index (κ3) is 6.25. The van der Waals surface area contributed by atoms with Gasteiger partial charge in [0, 0.05) is 32.5 Å². The molecule has 1 heterocycles. The lowest BCUT2D eigenvalue weighted by Gasteiger charge is -2.12. The minimum absolute atomic E-state index is 0.0790. The zero-order valence-corrected chi connectivity index (χ0v) is 18.1. The fourth-order valence-electron chi connectivity index (χ4n) is 2.72. The number of hydrogen-bond donors (Lipinski definition) is 2. The van der Waals surface area contributed by atoms with Gasteiger partial charge in [-0.1, -0.05) is 6.07 Å². The van der Waals surface area contributed by atoms with Crippen LogP contribution in [0.2, 0.25) is 0 Å². The van der Waals surface area contributed by atoms with Gasteiger partial charge >= 0.3 is 0 Å². The first-order valence-corrected chi connectivity index (χ1v) is 11.2. The van der Waals surface area contributed by atoms with Crippen molar-refractivity contribution in [1.82, 2.24) is 10.3 Å². The molecule has 168 valence electrons. The first kappa shape index (κ1) is 23.2. The molecule has 2 aromatic carbocycles. The molecule has 0 radical (unpaired) electrons. The molecule has 0 bridgehead atoms. The van der Waals surface area contributed by atoms with E-state index in [0.29, 0.717) is 19.6 Å². The van der Waals surface area contributed by atoms with E-state index in [2.05, 4.69) is 15.0 Å². The lowest BCUT2D eigenvalue weighted by Crippen LogP contribution is -2.25. The van der Waals surface area contributed by atoms with Gasteiger partial charge in [-0.2, -0.15) is 0 Å². The van der Waals surface area contributed by atoms with Gasteiger partial charge in [0.25, 0.3) is 15.9 Å². The number of ether oxygens (including phenoxy) is 2. The van der Waals surface area contributed by atoms with E-state index in [1.807, 2.05) is 0 Å². The molecule has 0 unspecified atom stereocenters. The van der Waals surface area contributed by atoms with E-state index in [1.54, 1.807) is 31.4 Å². The molecule has 3 rings (SSSR count). The molecule has 2 N–H and O–H groups in total. The third-order valence-corrected chi connectivity index (χ3v) is 5.65. The van der Waals surface area contributed by atoms with Crippen molar-refractivity contribution in [2.75, 3.05) is 25.0 Å². The van der Waals surface area contributed by atoms with Crippen molar-refractivity contribution < 1.29 is 27.1 Å². The number of methoxy groups -OCH3 is 1. The van der Waals surface area contributed by atoms with Gasteiger partial charge in [-0.05, 0) is 55.0 Å². The van der Waals surface area contributed by atoms with Crippen LogP contribution in [0.15, 0.2) is 71.8 Å². The maximum absolute atomic E-state index is 13.1. The lowest BCUT2D eigenvalue weighted by molar-refractivity contribution is 0.0945. The molecule has 0 aliphatic heterocycles. The number of amides is 1. The first-order chi connectivity index (χ1) is 15.4. The Balaban J connectivity index is 1.74. The summed E-state index contributed by atoms with van der Waals surface area (Å²) in [6.45, 7) is 0.957. The van der Waals surface area contributed by atoms with Crippen LogP contribution in [-0.2, 0) is 14.8 Å². The summed E-state index contributed by atoms with van der Waals surface area (Å²) in [5.74, 6) is -0.530. The second-order valence-electron chi connectivity index (χ2n) is 6.65. The van der Waals surface area contributed by atoms with Crippen LogP contribution in [0.1, 0.15) is 16.8 Å². The van der Waals surface area contributed by atoms with Crippen LogP contribution in [0.5, 0.6) is 11.6 Å². The predicted molar refractivity (Wildman–Crippen MR) is 117 cm³/mol. The highest BCUT2D eigenvalue weighted by Gasteiger charge is 2.16. The van der Waals surface area contributed by atoms with E-state index in [0.717, 1.165) is 12.1 Å². The number of carbonyl (C=O) groups is 1. The van der Waals surface area contributed by atoms with Gasteiger partial charge in [-0.3, -0.25) is 9.52 Å². The van der Waals surface area contributed by atoms with Crippen LogP contribution in [0, 0.1) is 5.82 Å². The molecule has 0 aliphatic carbocycles. The summed E-state index contributed by atoms with van der Waals surface area (Å²) in [6, 6.07) is 13.8. The fourth-order valence-corrected chi connectivity index (χ4v) is 3.77. The van der Waals surface area contributed by atoms with Crippen molar-refractivity contribution in [2.45, 2.75) is 11.3 Å². The minimum Gasteiger partial charge on any atom is -0.438 e. The van der Waals surface area contributed by atoms with E-state index in [4.69, 9.17) is 9.47 Å². The number of pyridine rings is 1. The predicted octanol–water partition coefficient (Wildman–Crippen LogP) is 3.58. The summed E-state index contributed by atoms with van der Waals surface area (Å²) >= 11 is 0. The van der Waals surface area contributed by atoms with Crippen molar-refractivity contribution in [2.24, 2.45) is 0 Å². The van der Waals surface area contributed by atoms with Crippen molar-refractivity contribution in [3.8, 4) is 11.6 Å². The Kier molecular flexibility index (Phi) is 7.74. The van der Waals surface area contributed by atoms with Crippen LogP contribution in [-0.4, -0.2) is 39.6 Å². The number of hydrogen-bond acceptors (Lipinski definition) is 6. The van der Waals surface area contributed by atoms with Crippen molar-refractivity contribution in [1.29, 1.82) is 0 Å². The molecule has 32 heavy (non-hydrogen) atoms. The van der Waals surface area contributed by atoms with Gasteiger partial charge in [0.1, 0.15) is 17.1 Å². The van der Waals surface area contributed by atoms with Crippen LogP contribution >= 0.6 is 0 Å². The standard InChI is InChI=1S/C22H22FN3O5S/c1-30-14-4-13-24-21(27)20-7-3-12-25-22(20)31-18-6-2-5-17(15-18)26-32(28,29)19-10-8-16(23)9-11-19/h2-3,5-12,15,26H,4,13-14H2,1H3,(H,24,27). The van der Waals surface area contributed by atoms with Gasteiger partial charge in [0.2, 0.25) is 5.88 Å². The Morgan fingerprint density at radius 1 is 1.09 bits per heavy atom. The van der Waals surface area contributed by atoms with Crippen LogP contribution < -0.4 is 14.8 Å². The number of anilines is 1. The second kappa shape index (κ2) is 10.7. The molecule has 10 heteroatoms. The van der Waals surface area contributed by atoms with Gasteiger partial charge in [0.15, 0.2) is 0 Å². The lowest BCUT2D eigenvalue weighted by atomic mass is 10.2. The molecule has 0 aliphatic rings. The number of nitrogens with zero attached hydrogens (tertiary/aromatic N) is 1. The molecular weight excluding hydrogens is 437 g/mol. The van der Waals surface area contributed by atoms with Gasteiger partial charge in [-0.15, -0.1) is 0 Å². The van der Waals surface area contributed by atoms with Gasteiger partial charge < -0.3 is 14.8 Å². The molecule has 0 fully saturated rings. The number of halogens is 1. The Hall–Kier alpha value is -3.50. The molecule has 0 spiro atoms. The van der Waals surface area contributed by atoms with Crippen LogP contribution in [0.3, 0.4) is 0 Å². The highest BCUT2D eigenvalue weighted by molar-refractivity contribution is 7.92. The summed E-state index contributed by atoms with van der Waals surface area (Å²) in [5, 5.41) is 2.77. The average Bonchev–Trinajstić information content (AvgIpc) is 2.77. The summed E-state index contributed by atoms with van der Waals surface area (Å²) in [4.78, 5) is 16.5. The first-order valence-electron chi connectivity index (χ1n) is 9.67. The van der Waals surface area contributed by atoms with Crippen molar-refractivity contribution in [3.05, 3.63) is 78.2 Å². The third-order valence-electron chi connectivity index (χ3n) is 4.25. The number of benzene rings is 2. The molecular formula is C22H22FN3O5S. The molecule has 3 aromatic rings. The van der Waals surface area contributed by atoms with Crippen molar-refractivity contribution >= 4 is 21.6 Å². The van der Waals surface area contributed by atoms with E-state index >= 15 is 0 Å². The van der Waals surface area contributed by atoms with Crippen molar-refractivity contribution in [3.63, 3.8) is 0 Å². The van der Waals surface area contributed by atoms with Gasteiger partial charge in [0.05, 0.1) is 10.6 Å². The molecule has 0 saturated heterocycles. The highest BCUT2D eigenvalue weighted by atomic mass is 32.2. The SMILES string of the molecule is COCCCNC(=O)c1cccnc1Oc1cccc(NS(=O)(=O)c2ccc(F)cc2)c1. The maximum Gasteiger partial charge on any atom is 0.261 e. The average molecular weight is 459 g/mol. The van der Waals surface area contributed by atoms with E-state index in [9.17, 15) is 17.6 Å². The summed E-state index contributed by atoms with van der Waals surface area (Å²) in [6.07, 6.45) is 2.15. The monoisotopic (exact) mass is 459 g/mol. The maximum atomic E-state index is 13.1. The fraction of sp³-hybridized carbons (Fsp3) is 0.182. The normalized spacial score (nSPS) is 11.1. The topological polar surface area (TPSA) is 107 Å². The molecule has 0 saturated carbocycles. The quantitative estimate of drug-likeness (QED) is 0.449. The smallest absolute Gasteiger partial charge is 0.261 e. The summed E-state index contributed by atoms with van der Waals surface area (Å²) in [7, 11) is -2.33. The van der Waals surface area contributed by atoms with Crippen LogP contribution in [0.25, 0.3) is 0 Å². The molecule has 0 atom stereocenters. The van der Waals surface area contributed by atoms with Crippen LogP contribution in [0.4, 0.5) is 10.1 Å².